The molecular weight excluding hydrogens is 182 g/mol. The molecule has 1 aliphatic carbocycles. The Bertz CT molecular complexity index is 290. The van der Waals surface area contributed by atoms with Crippen molar-refractivity contribution in [1.29, 1.82) is 0 Å². The molecular formula is C10H13NOS. The van der Waals surface area contributed by atoms with Crippen molar-refractivity contribution in [2.24, 2.45) is 0 Å². The number of amides is 1. The lowest BCUT2D eigenvalue weighted by molar-refractivity contribution is -0.129. The van der Waals surface area contributed by atoms with Crippen molar-refractivity contribution >= 4 is 17.2 Å². The van der Waals surface area contributed by atoms with Gasteiger partial charge in [-0.1, -0.05) is 6.07 Å². The largest absolute Gasteiger partial charge is 0.335 e. The lowest BCUT2D eigenvalue weighted by Gasteiger charge is -2.19. The summed E-state index contributed by atoms with van der Waals surface area (Å²) in [5.74, 6) is 0.205. The Morgan fingerprint density at radius 3 is 2.92 bits per heavy atom. The van der Waals surface area contributed by atoms with Gasteiger partial charge in [0.05, 0.1) is 6.54 Å². The summed E-state index contributed by atoms with van der Waals surface area (Å²) in [6.45, 7) is 2.46. The van der Waals surface area contributed by atoms with Gasteiger partial charge in [-0.3, -0.25) is 4.79 Å². The Balaban J connectivity index is 2.01. The molecule has 1 amide bonds. The van der Waals surface area contributed by atoms with Gasteiger partial charge in [-0.25, -0.2) is 0 Å². The first-order valence-electron chi connectivity index (χ1n) is 4.57. The van der Waals surface area contributed by atoms with Gasteiger partial charge in [-0.05, 0) is 24.3 Å². The summed E-state index contributed by atoms with van der Waals surface area (Å²) in [6.07, 6.45) is 2.37. The van der Waals surface area contributed by atoms with Gasteiger partial charge in [-0.2, -0.15) is 0 Å². The van der Waals surface area contributed by atoms with Crippen molar-refractivity contribution in [3.8, 4) is 0 Å². The maximum atomic E-state index is 11.3. The van der Waals surface area contributed by atoms with Gasteiger partial charge >= 0.3 is 0 Å². The monoisotopic (exact) mass is 195 g/mol. The Morgan fingerprint density at radius 2 is 2.46 bits per heavy atom. The Morgan fingerprint density at radius 1 is 1.69 bits per heavy atom. The first-order chi connectivity index (χ1) is 6.27. The summed E-state index contributed by atoms with van der Waals surface area (Å²) >= 11 is 1.72. The van der Waals surface area contributed by atoms with Crippen molar-refractivity contribution in [3.63, 3.8) is 0 Å². The molecule has 3 heteroatoms. The molecule has 2 nitrogen and oxygen atoms in total. The van der Waals surface area contributed by atoms with E-state index in [2.05, 4.69) is 11.4 Å². The van der Waals surface area contributed by atoms with Crippen molar-refractivity contribution in [2.75, 3.05) is 0 Å². The molecule has 0 aliphatic heterocycles. The fourth-order valence-corrected chi connectivity index (χ4v) is 2.16. The highest BCUT2D eigenvalue weighted by Gasteiger charge is 2.30. The molecule has 1 saturated carbocycles. The maximum absolute atomic E-state index is 11.3. The molecule has 0 atom stereocenters. The number of carbonyl (C=O) groups excluding carboxylic acids is 1. The zero-order chi connectivity index (χ0) is 9.26. The van der Waals surface area contributed by atoms with Crippen LogP contribution in [0.1, 0.15) is 24.6 Å². The van der Waals surface area contributed by atoms with E-state index in [4.69, 9.17) is 0 Å². The standard InChI is InChI=1S/C10H13NOS/c1-8(12)11(9-4-5-9)7-10-3-2-6-13-10/h2-3,6,9H,4-5,7H2,1H3. The molecule has 0 unspecified atom stereocenters. The first kappa shape index (κ1) is 8.75. The number of rotatable bonds is 3. The van der Waals surface area contributed by atoms with Crippen molar-refractivity contribution < 1.29 is 4.79 Å². The number of thiophene rings is 1. The zero-order valence-electron chi connectivity index (χ0n) is 7.69. The number of nitrogens with zero attached hydrogens (tertiary/aromatic N) is 1. The van der Waals surface area contributed by atoms with E-state index in [0.717, 1.165) is 6.54 Å². The fourth-order valence-electron chi connectivity index (χ4n) is 1.45. The molecule has 13 heavy (non-hydrogen) atoms. The minimum Gasteiger partial charge on any atom is -0.335 e. The normalized spacial score (nSPS) is 15.8. The fraction of sp³-hybridized carbons (Fsp3) is 0.500. The van der Waals surface area contributed by atoms with Gasteiger partial charge in [0.2, 0.25) is 5.91 Å². The second-order valence-corrected chi connectivity index (χ2v) is 4.49. The average molecular weight is 195 g/mol. The Labute approximate surface area is 82.2 Å². The van der Waals surface area contributed by atoms with Gasteiger partial charge in [0, 0.05) is 17.8 Å². The maximum Gasteiger partial charge on any atom is 0.220 e. The van der Waals surface area contributed by atoms with Crippen molar-refractivity contribution in [3.05, 3.63) is 22.4 Å². The highest BCUT2D eigenvalue weighted by Crippen LogP contribution is 2.29. The second-order valence-electron chi connectivity index (χ2n) is 3.46. The summed E-state index contributed by atoms with van der Waals surface area (Å²) in [7, 11) is 0. The summed E-state index contributed by atoms with van der Waals surface area (Å²) in [4.78, 5) is 14.5. The van der Waals surface area contributed by atoms with Crippen LogP contribution in [0, 0.1) is 0 Å². The van der Waals surface area contributed by atoms with E-state index in [1.165, 1.54) is 17.7 Å². The van der Waals surface area contributed by atoms with Gasteiger partial charge in [0.15, 0.2) is 0 Å². The topological polar surface area (TPSA) is 20.3 Å². The Hall–Kier alpha value is -0.830. The zero-order valence-corrected chi connectivity index (χ0v) is 8.51. The Kier molecular flexibility index (Phi) is 2.36. The third-order valence-electron chi connectivity index (χ3n) is 2.30. The van der Waals surface area contributed by atoms with E-state index in [0.29, 0.717) is 6.04 Å². The van der Waals surface area contributed by atoms with Gasteiger partial charge in [0.25, 0.3) is 0 Å². The molecule has 1 aliphatic rings. The van der Waals surface area contributed by atoms with E-state index < -0.39 is 0 Å². The molecule has 0 saturated heterocycles. The number of carbonyl (C=O) groups is 1. The molecule has 70 valence electrons. The van der Waals surface area contributed by atoms with Crippen LogP contribution in [0.3, 0.4) is 0 Å². The van der Waals surface area contributed by atoms with E-state index in [9.17, 15) is 4.79 Å². The summed E-state index contributed by atoms with van der Waals surface area (Å²) < 4.78 is 0. The highest BCUT2D eigenvalue weighted by molar-refractivity contribution is 7.09. The van der Waals surface area contributed by atoms with E-state index in [1.807, 2.05) is 11.0 Å². The molecule has 1 aromatic heterocycles. The van der Waals surface area contributed by atoms with Crippen LogP contribution in [0.25, 0.3) is 0 Å². The molecule has 0 spiro atoms. The lowest BCUT2D eigenvalue weighted by Crippen LogP contribution is -2.29. The van der Waals surface area contributed by atoms with Gasteiger partial charge in [-0.15, -0.1) is 11.3 Å². The van der Waals surface area contributed by atoms with Crippen LogP contribution in [0.15, 0.2) is 17.5 Å². The highest BCUT2D eigenvalue weighted by atomic mass is 32.1. The van der Waals surface area contributed by atoms with E-state index in [-0.39, 0.29) is 5.91 Å². The van der Waals surface area contributed by atoms with Crippen LogP contribution in [0.2, 0.25) is 0 Å². The molecule has 0 N–H and O–H groups in total. The third kappa shape index (κ3) is 2.10. The molecule has 1 fully saturated rings. The minimum absolute atomic E-state index is 0.205. The van der Waals surface area contributed by atoms with Crippen molar-refractivity contribution in [2.45, 2.75) is 32.4 Å². The van der Waals surface area contributed by atoms with Crippen LogP contribution in [-0.4, -0.2) is 16.8 Å². The molecule has 0 radical (unpaired) electrons. The van der Waals surface area contributed by atoms with E-state index in [1.54, 1.807) is 18.3 Å². The molecule has 2 rings (SSSR count). The molecule has 1 aromatic rings. The van der Waals surface area contributed by atoms with Crippen LogP contribution < -0.4 is 0 Å². The number of hydrogen-bond donors (Lipinski definition) is 0. The molecule has 0 bridgehead atoms. The average Bonchev–Trinajstić information content (AvgIpc) is 2.79. The van der Waals surface area contributed by atoms with Crippen LogP contribution in [-0.2, 0) is 11.3 Å². The predicted octanol–water partition coefficient (Wildman–Crippen LogP) is 2.26. The SMILES string of the molecule is CC(=O)N(Cc1cccs1)C1CC1. The smallest absolute Gasteiger partial charge is 0.220 e. The molecule has 0 aromatic carbocycles. The summed E-state index contributed by atoms with van der Waals surface area (Å²) in [5.41, 5.74) is 0. The van der Waals surface area contributed by atoms with Crippen LogP contribution in [0.4, 0.5) is 0 Å². The van der Waals surface area contributed by atoms with Gasteiger partial charge in [0.1, 0.15) is 0 Å². The summed E-state index contributed by atoms with van der Waals surface area (Å²) in [6, 6.07) is 4.65. The minimum atomic E-state index is 0.205. The number of hydrogen-bond acceptors (Lipinski definition) is 2. The summed E-state index contributed by atoms with van der Waals surface area (Å²) in [5, 5.41) is 2.06. The van der Waals surface area contributed by atoms with Crippen molar-refractivity contribution in [1.82, 2.24) is 4.90 Å². The lowest BCUT2D eigenvalue weighted by atomic mass is 10.4. The quantitative estimate of drug-likeness (QED) is 0.724. The third-order valence-corrected chi connectivity index (χ3v) is 3.16. The van der Waals surface area contributed by atoms with Gasteiger partial charge < -0.3 is 4.90 Å². The molecule has 1 heterocycles. The van der Waals surface area contributed by atoms with E-state index >= 15 is 0 Å². The van der Waals surface area contributed by atoms with Crippen LogP contribution in [0.5, 0.6) is 0 Å². The predicted molar refractivity (Wildman–Crippen MR) is 53.6 cm³/mol. The second kappa shape index (κ2) is 3.50. The first-order valence-corrected chi connectivity index (χ1v) is 5.45. The van der Waals surface area contributed by atoms with Crippen LogP contribution >= 0.6 is 11.3 Å².